The van der Waals surface area contributed by atoms with E-state index in [0.717, 1.165) is 12.5 Å². The van der Waals surface area contributed by atoms with Crippen LogP contribution in [0.25, 0.3) is 11.1 Å². The average molecular weight is 436 g/mol. The Morgan fingerprint density at radius 2 is 1.80 bits per heavy atom. The molecule has 2 heterocycles. The van der Waals surface area contributed by atoms with Crippen molar-refractivity contribution < 1.29 is 17.9 Å². The number of rotatable bonds is 8. The van der Waals surface area contributed by atoms with Gasteiger partial charge in [-0.1, -0.05) is 26.8 Å². The Labute approximate surface area is 178 Å². The molecular formula is C22H24F3N3OS. The van der Waals surface area contributed by atoms with Gasteiger partial charge in [0.1, 0.15) is 11.6 Å². The molecule has 1 unspecified atom stereocenters. The first-order valence-electron chi connectivity index (χ1n) is 9.69. The molecule has 0 aliphatic heterocycles. The molecule has 0 fully saturated rings. The summed E-state index contributed by atoms with van der Waals surface area (Å²) in [4.78, 5) is 8.34. The topological polar surface area (TPSA) is 47.0 Å². The number of halogens is 3. The van der Waals surface area contributed by atoms with Crippen LogP contribution in [0.4, 0.5) is 24.1 Å². The number of hydrogen-bond acceptors (Lipinski definition) is 5. The maximum Gasteiger partial charge on any atom is 0.419 e. The van der Waals surface area contributed by atoms with Gasteiger partial charge in [0.2, 0.25) is 0 Å². The molecule has 0 bridgehead atoms. The molecular weight excluding hydrogens is 411 g/mol. The fourth-order valence-corrected chi connectivity index (χ4v) is 3.77. The van der Waals surface area contributed by atoms with E-state index in [9.17, 15) is 13.2 Å². The minimum atomic E-state index is -4.51. The summed E-state index contributed by atoms with van der Waals surface area (Å²) in [6, 6.07) is 7.54. The molecule has 4 nitrogen and oxygen atoms in total. The lowest BCUT2D eigenvalue weighted by atomic mass is 9.99. The van der Waals surface area contributed by atoms with Gasteiger partial charge >= 0.3 is 6.18 Å². The van der Waals surface area contributed by atoms with Gasteiger partial charge in [-0.15, -0.1) is 11.3 Å². The summed E-state index contributed by atoms with van der Waals surface area (Å²) in [5, 5.41) is 5.53. The number of hydrogen-bond donors (Lipinski definition) is 1. The van der Waals surface area contributed by atoms with Crippen LogP contribution in [0.1, 0.15) is 32.8 Å². The largest absolute Gasteiger partial charge is 0.493 e. The van der Waals surface area contributed by atoms with Crippen molar-refractivity contribution in [2.45, 2.75) is 33.4 Å². The second kappa shape index (κ2) is 9.47. The SMILES string of the molecule is CC(C)CC(C)COc1ccc(-c2ccnc(Nc3nccs3)c2)cc1C(F)(F)F. The zero-order valence-electron chi connectivity index (χ0n) is 17.0. The number of nitrogens with one attached hydrogen (secondary N) is 1. The van der Waals surface area contributed by atoms with E-state index >= 15 is 0 Å². The van der Waals surface area contributed by atoms with Crippen LogP contribution in [0.2, 0.25) is 0 Å². The number of thiazole rings is 1. The van der Waals surface area contributed by atoms with Crippen LogP contribution < -0.4 is 10.1 Å². The molecule has 1 N–H and O–H groups in total. The van der Waals surface area contributed by atoms with Gasteiger partial charge in [-0.3, -0.25) is 0 Å². The number of ether oxygens (including phenoxy) is 1. The molecule has 0 spiro atoms. The monoisotopic (exact) mass is 435 g/mol. The molecule has 1 aromatic carbocycles. The van der Waals surface area contributed by atoms with Crippen LogP contribution in [0.5, 0.6) is 5.75 Å². The third-order valence-electron chi connectivity index (χ3n) is 4.44. The zero-order valence-corrected chi connectivity index (χ0v) is 17.8. The maximum absolute atomic E-state index is 13.7. The molecule has 3 aromatic rings. The molecule has 0 saturated heterocycles. The predicted molar refractivity (Wildman–Crippen MR) is 114 cm³/mol. The predicted octanol–water partition coefficient (Wildman–Crippen LogP) is 7.03. The first-order chi connectivity index (χ1) is 14.2. The van der Waals surface area contributed by atoms with Gasteiger partial charge in [0.15, 0.2) is 5.13 Å². The Hall–Kier alpha value is -2.61. The average Bonchev–Trinajstić information content (AvgIpc) is 3.18. The van der Waals surface area contributed by atoms with E-state index < -0.39 is 11.7 Å². The Bertz CT molecular complexity index is 959. The summed E-state index contributed by atoms with van der Waals surface area (Å²) in [5.74, 6) is 1.01. The van der Waals surface area contributed by atoms with Gasteiger partial charge in [-0.25, -0.2) is 9.97 Å². The van der Waals surface area contributed by atoms with Crippen molar-refractivity contribution in [3.05, 3.63) is 53.7 Å². The molecule has 2 aromatic heterocycles. The molecule has 0 saturated carbocycles. The number of aromatic nitrogens is 2. The highest BCUT2D eigenvalue weighted by atomic mass is 32.1. The lowest BCUT2D eigenvalue weighted by Gasteiger charge is -2.19. The normalized spacial score (nSPS) is 12.8. The van der Waals surface area contributed by atoms with Gasteiger partial charge in [0.05, 0.1) is 12.2 Å². The van der Waals surface area contributed by atoms with Crippen molar-refractivity contribution in [2.75, 3.05) is 11.9 Å². The van der Waals surface area contributed by atoms with Crippen molar-refractivity contribution in [3.8, 4) is 16.9 Å². The fourth-order valence-electron chi connectivity index (χ4n) is 3.23. The standard InChI is InChI=1S/C22H24F3N3OS/c1-14(2)10-15(3)13-29-19-5-4-16(11-18(19)22(23,24)25)17-6-7-26-20(12-17)28-21-27-8-9-30-21/h4-9,11-12,14-15H,10,13H2,1-3H3,(H,26,27,28). The number of anilines is 2. The molecule has 0 aliphatic carbocycles. The first kappa shape index (κ1) is 22.1. The molecule has 160 valence electrons. The molecule has 30 heavy (non-hydrogen) atoms. The fraction of sp³-hybridized carbons (Fsp3) is 0.364. The Morgan fingerprint density at radius 1 is 1.03 bits per heavy atom. The van der Waals surface area contributed by atoms with E-state index in [-0.39, 0.29) is 18.3 Å². The Balaban J connectivity index is 1.84. The van der Waals surface area contributed by atoms with E-state index in [1.54, 1.807) is 30.6 Å². The van der Waals surface area contributed by atoms with Crippen LogP contribution in [-0.2, 0) is 6.18 Å². The highest BCUT2D eigenvalue weighted by Gasteiger charge is 2.35. The highest BCUT2D eigenvalue weighted by Crippen LogP contribution is 2.39. The summed E-state index contributed by atoms with van der Waals surface area (Å²) in [6.45, 7) is 6.39. The second-order valence-electron chi connectivity index (χ2n) is 7.65. The van der Waals surface area contributed by atoms with Crippen LogP contribution in [0.3, 0.4) is 0 Å². The lowest BCUT2D eigenvalue weighted by molar-refractivity contribution is -0.139. The number of alkyl halides is 3. The van der Waals surface area contributed by atoms with Gasteiger partial charge in [-0.2, -0.15) is 13.2 Å². The van der Waals surface area contributed by atoms with Crippen LogP contribution in [0.15, 0.2) is 48.1 Å². The van der Waals surface area contributed by atoms with Gasteiger partial charge < -0.3 is 10.1 Å². The summed E-state index contributed by atoms with van der Waals surface area (Å²) in [6.07, 6.45) is -0.406. The zero-order chi connectivity index (χ0) is 21.7. The molecule has 1 atom stereocenters. The lowest BCUT2D eigenvalue weighted by Crippen LogP contribution is -2.14. The van der Waals surface area contributed by atoms with Crippen molar-refractivity contribution >= 4 is 22.3 Å². The van der Waals surface area contributed by atoms with Gasteiger partial charge in [-0.05, 0) is 53.6 Å². The van der Waals surface area contributed by atoms with Crippen LogP contribution in [0, 0.1) is 11.8 Å². The third-order valence-corrected chi connectivity index (χ3v) is 5.13. The summed E-state index contributed by atoms with van der Waals surface area (Å²) >= 11 is 1.41. The van der Waals surface area contributed by atoms with Crippen LogP contribution >= 0.6 is 11.3 Å². The van der Waals surface area contributed by atoms with E-state index in [1.807, 2.05) is 12.3 Å². The van der Waals surface area contributed by atoms with E-state index in [0.29, 0.717) is 28.0 Å². The van der Waals surface area contributed by atoms with Crippen molar-refractivity contribution in [1.82, 2.24) is 9.97 Å². The molecule has 3 rings (SSSR count). The van der Waals surface area contributed by atoms with Gasteiger partial charge in [0.25, 0.3) is 0 Å². The number of nitrogens with zero attached hydrogens (tertiary/aromatic N) is 2. The van der Waals surface area contributed by atoms with Gasteiger partial charge in [0, 0.05) is 17.8 Å². The Kier molecular flexibility index (Phi) is 6.97. The highest BCUT2D eigenvalue weighted by molar-refractivity contribution is 7.13. The minimum absolute atomic E-state index is 0.142. The molecule has 8 heteroatoms. The van der Waals surface area contributed by atoms with Crippen molar-refractivity contribution in [2.24, 2.45) is 11.8 Å². The number of benzene rings is 1. The smallest absolute Gasteiger partial charge is 0.419 e. The maximum atomic E-state index is 13.7. The number of pyridine rings is 1. The molecule has 0 radical (unpaired) electrons. The van der Waals surface area contributed by atoms with Crippen molar-refractivity contribution in [1.29, 1.82) is 0 Å². The van der Waals surface area contributed by atoms with E-state index in [4.69, 9.17) is 4.74 Å². The molecule has 0 amide bonds. The summed E-state index contributed by atoms with van der Waals surface area (Å²) < 4.78 is 46.7. The third kappa shape index (κ3) is 5.95. The van der Waals surface area contributed by atoms with E-state index in [1.165, 1.54) is 17.4 Å². The first-order valence-corrected chi connectivity index (χ1v) is 10.6. The minimum Gasteiger partial charge on any atom is -0.493 e. The second-order valence-corrected chi connectivity index (χ2v) is 8.54. The van der Waals surface area contributed by atoms with Crippen molar-refractivity contribution in [3.63, 3.8) is 0 Å². The molecule has 0 aliphatic rings. The van der Waals surface area contributed by atoms with Crippen LogP contribution in [-0.4, -0.2) is 16.6 Å². The summed E-state index contributed by atoms with van der Waals surface area (Å²) in [5.41, 5.74) is 0.284. The van der Waals surface area contributed by atoms with E-state index in [2.05, 4.69) is 29.1 Å². The summed E-state index contributed by atoms with van der Waals surface area (Å²) in [7, 11) is 0. The quantitative estimate of drug-likeness (QED) is 0.413. The Morgan fingerprint density at radius 3 is 2.47 bits per heavy atom.